The molecule has 6 nitrogen and oxygen atoms in total. The summed E-state index contributed by atoms with van der Waals surface area (Å²) >= 11 is 0.920. The molecule has 1 aromatic heterocycles. The van der Waals surface area contributed by atoms with E-state index in [4.69, 9.17) is 5.11 Å². The number of nitrogens with zero attached hydrogens (tertiary/aromatic N) is 1. The van der Waals surface area contributed by atoms with Crippen molar-refractivity contribution in [1.29, 1.82) is 0 Å². The molecule has 2 aromatic rings. The number of aryl methyl sites for hydroxylation is 1. The van der Waals surface area contributed by atoms with Gasteiger partial charge in [0.15, 0.2) is 10.8 Å². The van der Waals surface area contributed by atoms with E-state index in [-0.39, 0.29) is 15.7 Å². The molecule has 0 unspecified atom stereocenters. The third-order valence-corrected chi connectivity index (χ3v) is 4.52. The van der Waals surface area contributed by atoms with Crippen molar-refractivity contribution in [2.45, 2.75) is 11.8 Å². The number of rotatable bonds is 4. The highest BCUT2D eigenvalue weighted by Crippen LogP contribution is 2.20. The molecule has 1 heterocycles. The quantitative estimate of drug-likeness (QED) is 0.899. The van der Waals surface area contributed by atoms with Gasteiger partial charge in [-0.3, -0.25) is 4.72 Å². The zero-order chi connectivity index (χ0) is 14.0. The number of carboxylic acid groups (broad SMARTS) is 1. The van der Waals surface area contributed by atoms with Crippen LogP contribution in [0.15, 0.2) is 34.5 Å². The lowest BCUT2D eigenvalue weighted by Gasteiger charge is -2.05. The van der Waals surface area contributed by atoms with Crippen LogP contribution >= 0.6 is 11.3 Å². The topological polar surface area (TPSA) is 96.4 Å². The lowest BCUT2D eigenvalue weighted by Crippen LogP contribution is -2.13. The van der Waals surface area contributed by atoms with Crippen LogP contribution in [0.2, 0.25) is 0 Å². The zero-order valence-electron chi connectivity index (χ0n) is 9.82. The standard InChI is InChI=1S/C11H10N2O4S2/c1-7-2-4-8(5-3-7)19(16,17)13-11-12-9(6-18-11)10(14)15/h2-6H,1H3,(H,12,13)(H,14,15). The van der Waals surface area contributed by atoms with Gasteiger partial charge in [-0.05, 0) is 19.1 Å². The minimum absolute atomic E-state index is 0.0259. The van der Waals surface area contributed by atoms with Gasteiger partial charge >= 0.3 is 5.97 Å². The second-order valence-corrected chi connectivity index (χ2v) is 6.30. The average molecular weight is 298 g/mol. The summed E-state index contributed by atoms with van der Waals surface area (Å²) in [6.07, 6.45) is 0. The zero-order valence-corrected chi connectivity index (χ0v) is 11.5. The molecule has 0 aliphatic carbocycles. The van der Waals surface area contributed by atoms with E-state index in [0.29, 0.717) is 0 Å². The van der Waals surface area contributed by atoms with Gasteiger partial charge in [0.1, 0.15) is 0 Å². The summed E-state index contributed by atoms with van der Waals surface area (Å²) in [4.78, 5) is 14.4. The second-order valence-electron chi connectivity index (χ2n) is 3.76. The monoisotopic (exact) mass is 298 g/mol. The van der Waals surface area contributed by atoms with E-state index in [1.165, 1.54) is 17.5 Å². The molecule has 0 aliphatic rings. The molecule has 0 fully saturated rings. The van der Waals surface area contributed by atoms with Crippen molar-refractivity contribution in [2.24, 2.45) is 0 Å². The van der Waals surface area contributed by atoms with E-state index in [2.05, 4.69) is 9.71 Å². The fourth-order valence-electron chi connectivity index (χ4n) is 1.31. The van der Waals surface area contributed by atoms with E-state index in [9.17, 15) is 13.2 Å². The number of hydrogen-bond acceptors (Lipinski definition) is 5. The van der Waals surface area contributed by atoms with Crippen LogP contribution in [0.4, 0.5) is 5.13 Å². The predicted molar refractivity (Wildman–Crippen MR) is 71.1 cm³/mol. The molecule has 0 bridgehead atoms. The van der Waals surface area contributed by atoms with Crippen LogP contribution in [-0.4, -0.2) is 24.5 Å². The summed E-state index contributed by atoms with van der Waals surface area (Å²) in [6.45, 7) is 1.85. The Labute approximate surface area is 113 Å². The fraction of sp³-hybridized carbons (Fsp3) is 0.0909. The van der Waals surface area contributed by atoms with Gasteiger partial charge < -0.3 is 5.11 Å². The number of benzene rings is 1. The highest BCUT2D eigenvalue weighted by atomic mass is 32.2. The average Bonchev–Trinajstić information content (AvgIpc) is 2.77. The first-order chi connectivity index (χ1) is 8.88. The molecule has 0 radical (unpaired) electrons. The Bertz CT molecular complexity index is 705. The first-order valence-corrected chi connectivity index (χ1v) is 7.53. The molecule has 100 valence electrons. The largest absolute Gasteiger partial charge is 0.476 e. The Balaban J connectivity index is 2.25. The molecule has 8 heteroatoms. The van der Waals surface area contributed by atoms with Gasteiger partial charge in [0.25, 0.3) is 10.0 Å². The van der Waals surface area contributed by atoms with Gasteiger partial charge in [-0.15, -0.1) is 11.3 Å². The predicted octanol–water partition coefficient (Wildman–Crippen LogP) is 1.95. The Morgan fingerprint density at radius 1 is 1.32 bits per heavy atom. The Hall–Kier alpha value is -1.93. The van der Waals surface area contributed by atoms with E-state index in [1.54, 1.807) is 12.1 Å². The van der Waals surface area contributed by atoms with Crippen LogP contribution in [0.5, 0.6) is 0 Å². The lowest BCUT2D eigenvalue weighted by atomic mass is 10.2. The van der Waals surface area contributed by atoms with E-state index in [0.717, 1.165) is 16.9 Å². The van der Waals surface area contributed by atoms with Crippen LogP contribution < -0.4 is 4.72 Å². The molecule has 0 spiro atoms. The second kappa shape index (κ2) is 4.98. The van der Waals surface area contributed by atoms with Crippen molar-refractivity contribution in [2.75, 3.05) is 4.72 Å². The summed E-state index contributed by atoms with van der Waals surface area (Å²) in [5.41, 5.74) is 0.757. The number of hydrogen-bond donors (Lipinski definition) is 2. The minimum Gasteiger partial charge on any atom is -0.476 e. The molecule has 0 amide bonds. The number of nitrogens with one attached hydrogen (secondary N) is 1. The molecule has 0 saturated carbocycles. The van der Waals surface area contributed by atoms with Crippen molar-refractivity contribution in [3.8, 4) is 0 Å². The first-order valence-electron chi connectivity index (χ1n) is 5.17. The SMILES string of the molecule is Cc1ccc(S(=O)(=O)Nc2nc(C(=O)O)cs2)cc1. The lowest BCUT2D eigenvalue weighted by molar-refractivity contribution is 0.0691. The van der Waals surface area contributed by atoms with Crippen LogP contribution in [0.3, 0.4) is 0 Å². The molecule has 2 rings (SSSR count). The maximum Gasteiger partial charge on any atom is 0.355 e. The normalized spacial score (nSPS) is 11.2. The number of aromatic nitrogens is 1. The summed E-state index contributed by atoms with van der Waals surface area (Å²) < 4.78 is 26.2. The smallest absolute Gasteiger partial charge is 0.355 e. The molecule has 1 aromatic carbocycles. The maximum absolute atomic E-state index is 12.0. The molecule has 0 saturated heterocycles. The minimum atomic E-state index is -3.74. The highest BCUT2D eigenvalue weighted by molar-refractivity contribution is 7.93. The highest BCUT2D eigenvalue weighted by Gasteiger charge is 2.17. The number of carbonyl (C=O) groups is 1. The van der Waals surface area contributed by atoms with Crippen molar-refractivity contribution in [1.82, 2.24) is 4.98 Å². The van der Waals surface area contributed by atoms with Crippen LogP contribution in [-0.2, 0) is 10.0 Å². The van der Waals surface area contributed by atoms with Gasteiger partial charge in [0, 0.05) is 5.38 Å². The third-order valence-electron chi connectivity index (χ3n) is 2.28. The number of thiazole rings is 1. The van der Waals surface area contributed by atoms with Gasteiger partial charge in [0.2, 0.25) is 0 Å². The van der Waals surface area contributed by atoms with Gasteiger partial charge in [-0.25, -0.2) is 18.2 Å². The van der Waals surface area contributed by atoms with Crippen LogP contribution in [0.1, 0.15) is 16.1 Å². The Morgan fingerprint density at radius 3 is 2.47 bits per heavy atom. The van der Waals surface area contributed by atoms with E-state index >= 15 is 0 Å². The van der Waals surface area contributed by atoms with Crippen molar-refractivity contribution in [3.63, 3.8) is 0 Å². The van der Waals surface area contributed by atoms with Crippen molar-refractivity contribution >= 4 is 32.5 Å². The Kier molecular flexibility index (Phi) is 3.54. The van der Waals surface area contributed by atoms with Gasteiger partial charge in [0.05, 0.1) is 4.90 Å². The maximum atomic E-state index is 12.0. The fourth-order valence-corrected chi connectivity index (χ4v) is 3.25. The van der Waals surface area contributed by atoms with E-state index in [1.807, 2.05) is 6.92 Å². The molecule has 0 aliphatic heterocycles. The summed E-state index contributed by atoms with van der Waals surface area (Å²) in [5, 5.41) is 10.0. The van der Waals surface area contributed by atoms with Gasteiger partial charge in [-0.2, -0.15) is 0 Å². The number of carboxylic acids is 1. The summed E-state index contributed by atoms with van der Waals surface area (Å²) in [7, 11) is -3.74. The van der Waals surface area contributed by atoms with Gasteiger partial charge in [-0.1, -0.05) is 17.7 Å². The molecule has 2 N–H and O–H groups in total. The van der Waals surface area contributed by atoms with Crippen molar-refractivity contribution in [3.05, 3.63) is 40.9 Å². The Morgan fingerprint density at radius 2 is 1.95 bits per heavy atom. The summed E-state index contributed by atoms with van der Waals surface area (Å²) in [6, 6.07) is 6.31. The summed E-state index contributed by atoms with van der Waals surface area (Å²) in [5.74, 6) is -1.20. The number of aromatic carboxylic acids is 1. The molecular weight excluding hydrogens is 288 g/mol. The van der Waals surface area contributed by atoms with Crippen molar-refractivity contribution < 1.29 is 18.3 Å². The van der Waals surface area contributed by atoms with E-state index < -0.39 is 16.0 Å². The number of anilines is 1. The van der Waals surface area contributed by atoms with Crippen LogP contribution in [0.25, 0.3) is 0 Å². The van der Waals surface area contributed by atoms with Crippen LogP contribution in [0, 0.1) is 6.92 Å². The molecular formula is C11H10N2O4S2. The molecule has 19 heavy (non-hydrogen) atoms. The number of sulfonamides is 1. The molecule has 0 atom stereocenters. The third kappa shape index (κ3) is 3.09. The first kappa shape index (κ1) is 13.5.